The van der Waals surface area contributed by atoms with Crippen molar-refractivity contribution in [3.8, 4) is 0 Å². The van der Waals surface area contributed by atoms with E-state index in [9.17, 15) is 4.39 Å². The van der Waals surface area contributed by atoms with E-state index in [1.54, 1.807) is 10.7 Å². The largest absolute Gasteiger partial charge is 0.309 e. The van der Waals surface area contributed by atoms with Crippen LogP contribution >= 0.6 is 0 Å². The number of aromatic nitrogens is 2. The smallest absolute Gasteiger partial charge is 0.127 e. The number of hydrogen-bond donors (Lipinski definition) is 1. The highest BCUT2D eigenvalue weighted by Gasteiger charge is 2.12. The molecular formula is C15H20FN3. The second-order valence-electron chi connectivity index (χ2n) is 4.67. The summed E-state index contributed by atoms with van der Waals surface area (Å²) in [5.41, 5.74) is 1.80. The minimum Gasteiger partial charge on any atom is -0.309 e. The Hall–Kier alpha value is -1.68. The summed E-state index contributed by atoms with van der Waals surface area (Å²) in [6, 6.07) is 9.02. The molecule has 0 spiro atoms. The topological polar surface area (TPSA) is 29.9 Å². The number of rotatable bonds is 6. The van der Waals surface area contributed by atoms with Crippen LogP contribution in [0.1, 0.15) is 30.6 Å². The first-order valence-corrected chi connectivity index (χ1v) is 6.67. The van der Waals surface area contributed by atoms with Gasteiger partial charge in [-0.2, -0.15) is 5.10 Å². The summed E-state index contributed by atoms with van der Waals surface area (Å²) in [6.07, 6.45) is 3.65. The minimum atomic E-state index is -0.139. The van der Waals surface area contributed by atoms with Gasteiger partial charge in [0.15, 0.2) is 0 Å². The van der Waals surface area contributed by atoms with E-state index < -0.39 is 0 Å². The van der Waals surface area contributed by atoms with Crippen LogP contribution in [0.25, 0.3) is 0 Å². The number of halogens is 1. The van der Waals surface area contributed by atoms with E-state index in [1.807, 2.05) is 31.4 Å². The van der Waals surface area contributed by atoms with Crippen LogP contribution in [0.5, 0.6) is 0 Å². The van der Waals surface area contributed by atoms with E-state index in [0.29, 0.717) is 0 Å². The summed E-state index contributed by atoms with van der Waals surface area (Å²) in [5.74, 6) is -0.139. The van der Waals surface area contributed by atoms with Crippen molar-refractivity contribution in [2.24, 2.45) is 7.05 Å². The summed E-state index contributed by atoms with van der Waals surface area (Å²) in [7, 11) is 1.91. The number of aryl methyl sites for hydroxylation is 1. The van der Waals surface area contributed by atoms with Gasteiger partial charge < -0.3 is 5.32 Å². The maximum absolute atomic E-state index is 13.7. The molecule has 0 fully saturated rings. The summed E-state index contributed by atoms with van der Waals surface area (Å²) in [4.78, 5) is 0. The molecule has 3 nitrogen and oxygen atoms in total. The molecular weight excluding hydrogens is 241 g/mol. The molecule has 1 N–H and O–H groups in total. The van der Waals surface area contributed by atoms with E-state index in [0.717, 1.165) is 30.6 Å². The molecule has 0 aliphatic rings. The Labute approximate surface area is 113 Å². The maximum atomic E-state index is 13.7. The fourth-order valence-electron chi connectivity index (χ4n) is 2.20. The van der Waals surface area contributed by atoms with Crippen molar-refractivity contribution >= 4 is 0 Å². The summed E-state index contributed by atoms with van der Waals surface area (Å²) < 4.78 is 15.5. The Kier molecular flexibility index (Phi) is 4.68. The molecule has 2 rings (SSSR count). The Balaban J connectivity index is 1.91. The fraction of sp³-hybridized carbons (Fsp3) is 0.400. The van der Waals surface area contributed by atoms with Gasteiger partial charge in [-0.25, -0.2) is 4.39 Å². The fourth-order valence-corrected chi connectivity index (χ4v) is 2.20. The zero-order valence-corrected chi connectivity index (χ0v) is 11.4. The number of nitrogens with one attached hydrogen (secondary N) is 1. The van der Waals surface area contributed by atoms with Gasteiger partial charge in [0.2, 0.25) is 0 Å². The summed E-state index contributed by atoms with van der Waals surface area (Å²) in [6.45, 7) is 2.86. The van der Waals surface area contributed by atoms with Crippen LogP contribution in [0.3, 0.4) is 0 Å². The molecule has 102 valence electrons. The first kappa shape index (κ1) is 13.7. The molecule has 2 aromatic rings. The van der Waals surface area contributed by atoms with Crippen molar-refractivity contribution in [2.45, 2.75) is 25.8 Å². The first-order chi connectivity index (χ1) is 9.20. The van der Waals surface area contributed by atoms with Crippen LogP contribution in [0.15, 0.2) is 36.5 Å². The highest BCUT2D eigenvalue weighted by molar-refractivity contribution is 5.21. The zero-order valence-electron chi connectivity index (χ0n) is 11.4. The van der Waals surface area contributed by atoms with Crippen LogP contribution in [0.2, 0.25) is 0 Å². The van der Waals surface area contributed by atoms with Gasteiger partial charge in [-0.1, -0.05) is 25.1 Å². The van der Waals surface area contributed by atoms with Gasteiger partial charge in [0.05, 0.1) is 5.69 Å². The third kappa shape index (κ3) is 3.64. The van der Waals surface area contributed by atoms with Gasteiger partial charge in [0.25, 0.3) is 0 Å². The third-order valence-corrected chi connectivity index (χ3v) is 3.23. The SMILES string of the molecule is CCC(NCCc1ccn(C)n1)c1ccccc1F. The molecule has 1 unspecified atom stereocenters. The molecule has 0 amide bonds. The van der Waals surface area contributed by atoms with Gasteiger partial charge in [-0.15, -0.1) is 0 Å². The van der Waals surface area contributed by atoms with E-state index in [2.05, 4.69) is 17.3 Å². The normalized spacial score (nSPS) is 12.6. The lowest BCUT2D eigenvalue weighted by molar-refractivity contribution is 0.489. The van der Waals surface area contributed by atoms with Crippen molar-refractivity contribution < 1.29 is 4.39 Å². The highest BCUT2D eigenvalue weighted by Crippen LogP contribution is 2.19. The Morgan fingerprint density at radius 2 is 2.11 bits per heavy atom. The van der Waals surface area contributed by atoms with Gasteiger partial charge in [-0.3, -0.25) is 4.68 Å². The molecule has 0 bridgehead atoms. The third-order valence-electron chi connectivity index (χ3n) is 3.23. The van der Waals surface area contributed by atoms with E-state index in [4.69, 9.17) is 0 Å². The molecule has 0 aliphatic carbocycles. The molecule has 4 heteroatoms. The van der Waals surface area contributed by atoms with Crippen LogP contribution in [0.4, 0.5) is 4.39 Å². The predicted molar refractivity (Wildman–Crippen MR) is 74.3 cm³/mol. The predicted octanol–water partition coefficient (Wildman–Crippen LogP) is 2.84. The molecule has 0 saturated heterocycles. The van der Waals surface area contributed by atoms with Crippen LogP contribution in [-0.4, -0.2) is 16.3 Å². The van der Waals surface area contributed by atoms with Gasteiger partial charge in [0.1, 0.15) is 5.82 Å². The Bertz CT molecular complexity index is 522. The van der Waals surface area contributed by atoms with Crippen molar-refractivity contribution in [3.63, 3.8) is 0 Å². The maximum Gasteiger partial charge on any atom is 0.127 e. The number of benzene rings is 1. The Morgan fingerprint density at radius 3 is 2.74 bits per heavy atom. The van der Waals surface area contributed by atoms with Gasteiger partial charge >= 0.3 is 0 Å². The molecule has 19 heavy (non-hydrogen) atoms. The van der Waals surface area contributed by atoms with Gasteiger partial charge in [0, 0.05) is 37.8 Å². The van der Waals surface area contributed by atoms with Crippen molar-refractivity contribution in [1.82, 2.24) is 15.1 Å². The van der Waals surface area contributed by atoms with E-state index >= 15 is 0 Å². The van der Waals surface area contributed by atoms with E-state index in [-0.39, 0.29) is 11.9 Å². The van der Waals surface area contributed by atoms with Crippen LogP contribution in [-0.2, 0) is 13.5 Å². The lowest BCUT2D eigenvalue weighted by Crippen LogP contribution is -2.24. The monoisotopic (exact) mass is 261 g/mol. The quantitative estimate of drug-likeness (QED) is 0.866. The highest BCUT2D eigenvalue weighted by atomic mass is 19.1. The van der Waals surface area contributed by atoms with Crippen LogP contribution < -0.4 is 5.32 Å². The standard InChI is InChI=1S/C15H20FN3/c1-3-15(13-6-4-5-7-14(13)16)17-10-8-12-9-11-19(2)18-12/h4-7,9,11,15,17H,3,8,10H2,1-2H3. The molecule has 1 aromatic carbocycles. The zero-order chi connectivity index (χ0) is 13.7. The number of nitrogens with zero attached hydrogens (tertiary/aromatic N) is 2. The van der Waals surface area contributed by atoms with Crippen molar-refractivity contribution in [3.05, 3.63) is 53.6 Å². The lowest BCUT2D eigenvalue weighted by atomic mass is 10.0. The second-order valence-corrected chi connectivity index (χ2v) is 4.67. The molecule has 0 aliphatic heterocycles. The molecule has 0 radical (unpaired) electrons. The molecule has 1 atom stereocenters. The van der Waals surface area contributed by atoms with Gasteiger partial charge in [-0.05, 0) is 18.6 Å². The van der Waals surface area contributed by atoms with E-state index in [1.165, 1.54) is 6.07 Å². The van der Waals surface area contributed by atoms with Crippen molar-refractivity contribution in [2.75, 3.05) is 6.54 Å². The molecule has 1 heterocycles. The first-order valence-electron chi connectivity index (χ1n) is 6.67. The molecule has 1 aromatic heterocycles. The van der Waals surface area contributed by atoms with Crippen LogP contribution in [0, 0.1) is 5.82 Å². The summed E-state index contributed by atoms with van der Waals surface area (Å²) >= 11 is 0. The van der Waals surface area contributed by atoms with Crippen molar-refractivity contribution in [1.29, 1.82) is 0 Å². The number of hydrogen-bond acceptors (Lipinski definition) is 2. The average Bonchev–Trinajstić information content (AvgIpc) is 2.82. The molecule has 0 saturated carbocycles. The average molecular weight is 261 g/mol. The lowest BCUT2D eigenvalue weighted by Gasteiger charge is -2.17. The Morgan fingerprint density at radius 1 is 1.32 bits per heavy atom. The second kappa shape index (κ2) is 6.48. The minimum absolute atomic E-state index is 0.0601. The summed E-state index contributed by atoms with van der Waals surface area (Å²) in [5, 5.41) is 7.72.